The molecule has 0 aromatic heterocycles. The lowest BCUT2D eigenvalue weighted by molar-refractivity contribution is -0.137. The molecule has 3 fully saturated rings. The molecule has 0 bridgehead atoms. The Hall–Kier alpha value is -2.47. The maximum atomic E-state index is 13.5. The van der Waals surface area contributed by atoms with E-state index < -0.39 is 11.7 Å². The van der Waals surface area contributed by atoms with Crippen molar-refractivity contribution in [2.24, 2.45) is 17.3 Å². The van der Waals surface area contributed by atoms with Crippen LogP contribution >= 0.6 is 0 Å². The average Bonchev–Trinajstić information content (AvgIpc) is 3.49. The van der Waals surface area contributed by atoms with Gasteiger partial charge in [0.05, 0.1) is 23.8 Å². The van der Waals surface area contributed by atoms with Crippen molar-refractivity contribution >= 4 is 11.7 Å². The van der Waals surface area contributed by atoms with Gasteiger partial charge in [-0.1, -0.05) is 0 Å². The summed E-state index contributed by atoms with van der Waals surface area (Å²) in [7, 11) is 0. The van der Waals surface area contributed by atoms with Gasteiger partial charge in [-0.2, -0.15) is 18.4 Å². The molecule has 2 heterocycles. The predicted octanol–water partition coefficient (Wildman–Crippen LogP) is 4.25. The zero-order valence-corrected chi connectivity index (χ0v) is 19.1. The summed E-state index contributed by atoms with van der Waals surface area (Å²) in [5.74, 6) is 0.818. The number of rotatable bonds is 6. The van der Waals surface area contributed by atoms with E-state index in [9.17, 15) is 18.0 Å². The highest BCUT2D eigenvalue weighted by atomic mass is 19.4. The van der Waals surface area contributed by atoms with Gasteiger partial charge in [-0.05, 0) is 63.1 Å². The number of hydrogen-bond acceptors (Lipinski definition) is 4. The van der Waals surface area contributed by atoms with Crippen LogP contribution in [0.1, 0.15) is 44.2 Å². The minimum atomic E-state index is -4.59. The number of hydrogen-bond donors (Lipinski definition) is 1. The largest absolute Gasteiger partial charge is 0.417 e. The molecule has 1 aromatic carbocycles. The Morgan fingerprint density at radius 1 is 1.30 bits per heavy atom. The van der Waals surface area contributed by atoms with Gasteiger partial charge in [-0.3, -0.25) is 0 Å². The van der Waals surface area contributed by atoms with Crippen LogP contribution in [0.2, 0.25) is 0 Å². The number of benzene rings is 1. The average molecular weight is 465 g/mol. The number of carbonyl (C=O) groups excluding carboxylic acids is 1. The van der Waals surface area contributed by atoms with Crippen molar-refractivity contribution in [3.63, 3.8) is 0 Å². The van der Waals surface area contributed by atoms with Gasteiger partial charge < -0.3 is 19.9 Å². The molecule has 2 aliphatic heterocycles. The minimum Gasteiger partial charge on any atom is -0.380 e. The normalized spacial score (nSPS) is 25.2. The number of amides is 2. The number of fused-ring (bicyclic) bond motifs is 1. The van der Waals surface area contributed by atoms with Crippen LogP contribution in [0, 0.1) is 28.6 Å². The molecule has 4 rings (SSSR count). The number of urea groups is 1. The van der Waals surface area contributed by atoms with Crippen LogP contribution in [0.25, 0.3) is 0 Å². The first-order valence-electron chi connectivity index (χ1n) is 11.6. The van der Waals surface area contributed by atoms with E-state index >= 15 is 0 Å². The van der Waals surface area contributed by atoms with E-state index in [1.165, 1.54) is 18.9 Å². The molecular weight excluding hydrogens is 433 g/mol. The fraction of sp³-hybridized carbons (Fsp3) is 0.667. The molecule has 6 nitrogen and oxygen atoms in total. The number of anilines is 1. The number of halogens is 3. The summed E-state index contributed by atoms with van der Waals surface area (Å²) < 4.78 is 46.7. The minimum absolute atomic E-state index is 0.0248. The lowest BCUT2D eigenvalue weighted by Gasteiger charge is -2.44. The van der Waals surface area contributed by atoms with Crippen molar-refractivity contribution in [3.8, 4) is 6.07 Å². The van der Waals surface area contributed by atoms with E-state index in [1.54, 1.807) is 12.1 Å². The number of nitriles is 1. The molecule has 2 atom stereocenters. The van der Waals surface area contributed by atoms with Crippen molar-refractivity contribution in [1.29, 1.82) is 5.26 Å². The van der Waals surface area contributed by atoms with Crippen molar-refractivity contribution in [3.05, 3.63) is 29.3 Å². The standard InChI is InChI=1S/C24H31F3N4O2/c1-16(2)29-22(32)30-8-7-19-11-31(14-23(19,13-30)15-33-12-17-3-4-17)20-6-5-18(10-28)21(9-20)24(25,26)27/h5-6,9,16-17,19H,3-4,7-8,11-15H2,1-2H3,(H,29,32)/t19-,23+/m0/s1. The fourth-order valence-electron chi connectivity index (χ4n) is 5.07. The fourth-order valence-corrected chi connectivity index (χ4v) is 5.07. The monoisotopic (exact) mass is 464 g/mol. The highest BCUT2D eigenvalue weighted by Gasteiger charge is 2.51. The van der Waals surface area contributed by atoms with Gasteiger partial charge in [0.2, 0.25) is 0 Å². The third-order valence-electron chi connectivity index (χ3n) is 7.00. The summed E-state index contributed by atoms with van der Waals surface area (Å²) in [6, 6.07) is 5.48. The first kappa shape index (κ1) is 23.7. The summed E-state index contributed by atoms with van der Waals surface area (Å²) in [5, 5.41) is 12.1. The van der Waals surface area contributed by atoms with E-state index in [-0.39, 0.29) is 29.0 Å². The van der Waals surface area contributed by atoms with Gasteiger partial charge in [0.1, 0.15) is 0 Å². The maximum Gasteiger partial charge on any atom is 0.417 e. The Balaban J connectivity index is 1.57. The first-order valence-corrected chi connectivity index (χ1v) is 11.6. The second-order valence-corrected chi connectivity index (χ2v) is 10.1. The Labute approximate surface area is 192 Å². The van der Waals surface area contributed by atoms with Crippen molar-refractivity contribution in [2.45, 2.75) is 45.3 Å². The van der Waals surface area contributed by atoms with E-state index in [2.05, 4.69) is 5.32 Å². The van der Waals surface area contributed by atoms with Gasteiger partial charge in [-0.15, -0.1) is 0 Å². The van der Waals surface area contributed by atoms with Crippen LogP contribution in [0.5, 0.6) is 0 Å². The number of piperidine rings is 1. The van der Waals surface area contributed by atoms with Crippen LogP contribution in [-0.2, 0) is 10.9 Å². The van der Waals surface area contributed by atoms with Gasteiger partial charge in [0, 0.05) is 49.9 Å². The summed E-state index contributed by atoms with van der Waals surface area (Å²) >= 11 is 0. The van der Waals surface area contributed by atoms with E-state index in [0.29, 0.717) is 51.0 Å². The molecule has 0 spiro atoms. The van der Waals surface area contributed by atoms with Crippen LogP contribution in [0.15, 0.2) is 18.2 Å². The second-order valence-electron chi connectivity index (χ2n) is 10.1. The zero-order chi connectivity index (χ0) is 23.8. The van der Waals surface area contributed by atoms with Crippen molar-refractivity contribution < 1.29 is 22.7 Å². The van der Waals surface area contributed by atoms with E-state index in [0.717, 1.165) is 12.5 Å². The molecule has 2 amide bonds. The Bertz CT molecular complexity index is 925. The number of alkyl halides is 3. The number of nitrogens with one attached hydrogen (secondary N) is 1. The van der Waals surface area contributed by atoms with E-state index in [4.69, 9.17) is 10.00 Å². The first-order chi connectivity index (χ1) is 15.6. The topological polar surface area (TPSA) is 68.6 Å². The SMILES string of the molecule is CC(C)NC(=O)N1CC[C@H]2CN(c3ccc(C#N)c(C(F)(F)F)c3)C[C@@]2(COCC2CC2)C1. The van der Waals surface area contributed by atoms with Crippen LogP contribution in [-0.4, -0.2) is 56.4 Å². The molecule has 2 saturated heterocycles. The molecule has 33 heavy (non-hydrogen) atoms. The maximum absolute atomic E-state index is 13.5. The summed E-state index contributed by atoms with van der Waals surface area (Å²) in [6.07, 6.45) is -1.46. The molecule has 9 heteroatoms. The number of nitrogens with zero attached hydrogens (tertiary/aromatic N) is 3. The van der Waals surface area contributed by atoms with Crippen LogP contribution in [0.4, 0.5) is 23.7 Å². The van der Waals surface area contributed by atoms with Gasteiger partial charge in [-0.25, -0.2) is 4.79 Å². The summed E-state index contributed by atoms with van der Waals surface area (Å²) in [4.78, 5) is 16.5. The van der Waals surface area contributed by atoms with Crippen LogP contribution < -0.4 is 10.2 Å². The molecular formula is C24H31F3N4O2. The highest BCUT2D eigenvalue weighted by Crippen LogP contribution is 2.45. The highest BCUT2D eigenvalue weighted by molar-refractivity contribution is 5.74. The molecule has 180 valence electrons. The molecule has 3 aliphatic rings. The molecule has 1 aromatic rings. The smallest absolute Gasteiger partial charge is 0.380 e. The number of ether oxygens (including phenoxy) is 1. The quantitative estimate of drug-likeness (QED) is 0.684. The third-order valence-corrected chi connectivity index (χ3v) is 7.00. The lowest BCUT2D eigenvalue weighted by atomic mass is 9.74. The van der Waals surface area contributed by atoms with Gasteiger partial charge in [0.15, 0.2) is 0 Å². The third kappa shape index (κ3) is 5.21. The van der Waals surface area contributed by atoms with Crippen molar-refractivity contribution in [1.82, 2.24) is 10.2 Å². The summed E-state index contributed by atoms with van der Waals surface area (Å²) in [5.41, 5.74) is -1.17. The Morgan fingerprint density at radius 2 is 2.06 bits per heavy atom. The molecule has 0 unspecified atom stereocenters. The Morgan fingerprint density at radius 3 is 2.70 bits per heavy atom. The second kappa shape index (κ2) is 9.05. The molecule has 0 radical (unpaired) electrons. The predicted molar refractivity (Wildman–Crippen MR) is 118 cm³/mol. The molecule has 1 aliphatic carbocycles. The Kier molecular flexibility index (Phi) is 6.50. The lowest BCUT2D eigenvalue weighted by Crippen LogP contribution is -2.56. The van der Waals surface area contributed by atoms with E-state index in [1.807, 2.05) is 23.6 Å². The van der Waals surface area contributed by atoms with Gasteiger partial charge >= 0.3 is 12.2 Å². The van der Waals surface area contributed by atoms with Gasteiger partial charge in [0.25, 0.3) is 0 Å². The number of carbonyl (C=O) groups is 1. The zero-order valence-electron chi connectivity index (χ0n) is 19.1. The molecule has 1 N–H and O–H groups in total. The van der Waals surface area contributed by atoms with Crippen LogP contribution in [0.3, 0.4) is 0 Å². The molecule has 1 saturated carbocycles. The number of likely N-dealkylation sites (tertiary alicyclic amines) is 1. The summed E-state index contributed by atoms with van der Waals surface area (Å²) in [6.45, 7) is 7.26. The van der Waals surface area contributed by atoms with Crippen molar-refractivity contribution in [2.75, 3.05) is 44.3 Å².